The number of carbonyl (C=O) groups excluding carboxylic acids is 2. The van der Waals surface area contributed by atoms with Crippen molar-refractivity contribution in [3.8, 4) is 0 Å². The number of nitrogens with two attached hydrogens (primary N) is 3. The molecular formula is C12H24N6O5. The number of aliphatic carboxylic acids is 1. The Morgan fingerprint density at radius 1 is 1.22 bits per heavy atom. The Kier molecular flexibility index (Phi) is 9.27. The van der Waals surface area contributed by atoms with Gasteiger partial charge >= 0.3 is 5.97 Å². The molecule has 0 saturated heterocycles. The van der Waals surface area contributed by atoms with E-state index in [1.807, 2.05) is 0 Å². The number of nitrogens with one attached hydrogen (secondary N) is 2. The highest BCUT2D eigenvalue weighted by molar-refractivity contribution is 5.91. The number of rotatable bonds is 10. The third kappa shape index (κ3) is 8.58. The van der Waals surface area contributed by atoms with Crippen LogP contribution in [0.1, 0.15) is 19.8 Å². The van der Waals surface area contributed by atoms with Gasteiger partial charge in [0.05, 0.1) is 12.6 Å². The molecule has 0 aliphatic carbocycles. The van der Waals surface area contributed by atoms with Crippen molar-refractivity contribution >= 4 is 23.7 Å². The highest BCUT2D eigenvalue weighted by atomic mass is 16.4. The van der Waals surface area contributed by atoms with Crippen molar-refractivity contribution in [2.45, 2.75) is 38.0 Å². The summed E-state index contributed by atoms with van der Waals surface area (Å²) in [5.41, 5.74) is 15.4. The number of guanidine groups is 1. The predicted molar refractivity (Wildman–Crippen MR) is 82.1 cm³/mol. The lowest BCUT2D eigenvalue weighted by Crippen LogP contribution is -2.56. The van der Waals surface area contributed by atoms with Crippen LogP contribution in [0.3, 0.4) is 0 Å². The highest BCUT2D eigenvalue weighted by Crippen LogP contribution is 2.01. The maximum atomic E-state index is 12.0. The van der Waals surface area contributed by atoms with Crippen molar-refractivity contribution in [1.29, 1.82) is 0 Å². The molecule has 0 rings (SSSR count). The zero-order valence-corrected chi connectivity index (χ0v) is 12.9. The Morgan fingerprint density at radius 2 is 1.83 bits per heavy atom. The summed E-state index contributed by atoms with van der Waals surface area (Å²) < 4.78 is 0. The van der Waals surface area contributed by atoms with Gasteiger partial charge in [0.25, 0.3) is 0 Å². The first-order chi connectivity index (χ1) is 10.7. The number of carboxylic acid groups (broad SMARTS) is 1. The maximum absolute atomic E-state index is 12.0. The predicted octanol–water partition coefficient (Wildman–Crippen LogP) is -3.57. The molecule has 0 aromatic heterocycles. The van der Waals surface area contributed by atoms with Gasteiger partial charge in [-0.15, -0.1) is 0 Å². The number of carboxylic acids is 1. The molecule has 0 fully saturated rings. The van der Waals surface area contributed by atoms with Gasteiger partial charge in [-0.2, -0.15) is 0 Å². The van der Waals surface area contributed by atoms with Crippen LogP contribution in [-0.2, 0) is 14.4 Å². The van der Waals surface area contributed by atoms with Gasteiger partial charge < -0.3 is 38.0 Å². The summed E-state index contributed by atoms with van der Waals surface area (Å²) in [7, 11) is 0. The summed E-state index contributed by atoms with van der Waals surface area (Å²) in [5, 5.41) is 23.1. The van der Waals surface area contributed by atoms with Gasteiger partial charge in [0, 0.05) is 6.54 Å². The molecule has 0 aliphatic heterocycles. The van der Waals surface area contributed by atoms with Gasteiger partial charge in [-0.25, -0.2) is 4.79 Å². The van der Waals surface area contributed by atoms with E-state index in [-0.39, 0.29) is 25.5 Å². The van der Waals surface area contributed by atoms with E-state index in [4.69, 9.17) is 22.3 Å². The average molecular weight is 332 g/mol. The lowest BCUT2D eigenvalue weighted by molar-refractivity contribution is -0.143. The second-order valence-corrected chi connectivity index (χ2v) is 4.84. The van der Waals surface area contributed by atoms with Gasteiger partial charge in [0.1, 0.15) is 12.1 Å². The first-order valence-electron chi connectivity index (χ1n) is 6.95. The normalized spacial score (nSPS) is 14.2. The standard InChI is InChI=1S/C12H24N6O5/c1-6(19)9(18-8(20)5-13)10(21)17-7(11(22)23)3-2-4-16-12(14)15/h6-7,9,19H,2-5,13H2,1H3,(H,17,21)(H,18,20)(H,22,23)(H4,14,15,16). The molecule has 0 heterocycles. The van der Waals surface area contributed by atoms with Crippen molar-refractivity contribution in [1.82, 2.24) is 10.6 Å². The second kappa shape index (κ2) is 10.3. The zero-order chi connectivity index (χ0) is 18.0. The van der Waals surface area contributed by atoms with E-state index < -0.39 is 36.0 Å². The second-order valence-electron chi connectivity index (χ2n) is 4.84. The summed E-state index contributed by atoms with van der Waals surface area (Å²) in [6, 6.07) is -2.50. The minimum Gasteiger partial charge on any atom is -0.480 e. The Labute approximate surface area is 133 Å². The Hall–Kier alpha value is -2.40. The smallest absolute Gasteiger partial charge is 0.326 e. The van der Waals surface area contributed by atoms with Gasteiger partial charge in [-0.1, -0.05) is 0 Å². The van der Waals surface area contributed by atoms with Crippen LogP contribution < -0.4 is 27.8 Å². The van der Waals surface area contributed by atoms with Crippen LogP contribution in [0.5, 0.6) is 0 Å². The fourth-order valence-electron chi connectivity index (χ4n) is 1.66. The van der Waals surface area contributed by atoms with Gasteiger partial charge in [0.2, 0.25) is 11.8 Å². The molecule has 0 aromatic carbocycles. The van der Waals surface area contributed by atoms with E-state index in [9.17, 15) is 19.5 Å². The average Bonchev–Trinajstić information content (AvgIpc) is 2.46. The molecule has 0 aliphatic rings. The topological polar surface area (TPSA) is 206 Å². The fourth-order valence-corrected chi connectivity index (χ4v) is 1.66. The van der Waals surface area contributed by atoms with Crippen molar-refractivity contribution in [2.75, 3.05) is 13.1 Å². The molecule has 132 valence electrons. The Balaban J connectivity index is 4.70. The molecule has 11 heteroatoms. The van der Waals surface area contributed by atoms with Crippen LogP contribution in [0.4, 0.5) is 0 Å². The third-order valence-corrected chi connectivity index (χ3v) is 2.83. The number of aliphatic hydroxyl groups is 1. The van der Waals surface area contributed by atoms with Crippen molar-refractivity contribution in [3.63, 3.8) is 0 Å². The van der Waals surface area contributed by atoms with Crippen LogP contribution in [-0.4, -0.2) is 65.2 Å². The molecule has 2 amide bonds. The van der Waals surface area contributed by atoms with Crippen molar-refractivity contribution in [2.24, 2.45) is 22.2 Å². The van der Waals surface area contributed by atoms with Crippen molar-refractivity contribution < 1.29 is 24.6 Å². The van der Waals surface area contributed by atoms with E-state index in [1.165, 1.54) is 6.92 Å². The first kappa shape index (κ1) is 20.6. The van der Waals surface area contributed by atoms with Crippen LogP contribution >= 0.6 is 0 Å². The molecule has 3 atom stereocenters. The molecule has 0 saturated carbocycles. The molecule has 0 bridgehead atoms. The molecule has 11 nitrogen and oxygen atoms in total. The van der Waals surface area contributed by atoms with Crippen LogP contribution in [0.2, 0.25) is 0 Å². The van der Waals surface area contributed by atoms with E-state index in [0.29, 0.717) is 6.42 Å². The zero-order valence-electron chi connectivity index (χ0n) is 12.9. The van der Waals surface area contributed by atoms with Gasteiger partial charge in [-0.3, -0.25) is 14.6 Å². The molecule has 0 radical (unpaired) electrons. The summed E-state index contributed by atoms with van der Waals surface area (Å²) in [5.74, 6) is -2.83. The molecule has 3 unspecified atom stereocenters. The molecule has 0 spiro atoms. The lowest BCUT2D eigenvalue weighted by Gasteiger charge is -2.23. The van der Waals surface area contributed by atoms with Crippen LogP contribution in [0.25, 0.3) is 0 Å². The van der Waals surface area contributed by atoms with Gasteiger partial charge in [-0.05, 0) is 19.8 Å². The molecular weight excluding hydrogens is 308 g/mol. The summed E-state index contributed by atoms with van der Waals surface area (Å²) in [6.07, 6.45) is -0.819. The minimum absolute atomic E-state index is 0.0786. The number of nitrogens with zero attached hydrogens (tertiary/aromatic N) is 1. The van der Waals surface area contributed by atoms with E-state index in [1.54, 1.807) is 0 Å². The Morgan fingerprint density at radius 3 is 2.26 bits per heavy atom. The molecule has 0 aromatic rings. The third-order valence-electron chi connectivity index (χ3n) is 2.83. The summed E-state index contributed by atoms with van der Waals surface area (Å²) in [4.78, 5) is 38.1. The van der Waals surface area contributed by atoms with E-state index in [0.717, 1.165) is 0 Å². The Bertz CT molecular complexity index is 449. The quantitative estimate of drug-likeness (QED) is 0.121. The molecule has 23 heavy (non-hydrogen) atoms. The maximum Gasteiger partial charge on any atom is 0.326 e. The number of aliphatic hydroxyl groups excluding tert-OH is 1. The van der Waals surface area contributed by atoms with Crippen molar-refractivity contribution in [3.05, 3.63) is 0 Å². The first-order valence-corrected chi connectivity index (χ1v) is 6.95. The number of aliphatic imine (C=N–C) groups is 1. The van der Waals surface area contributed by atoms with Gasteiger partial charge in [0.15, 0.2) is 5.96 Å². The van der Waals surface area contributed by atoms with Crippen LogP contribution in [0, 0.1) is 0 Å². The fraction of sp³-hybridized carbons (Fsp3) is 0.667. The largest absolute Gasteiger partial charge is 0.480 e. The number of hydrogen-bond donors (Lipinski definition) is 7. The summed E-state index contributed by atoms with van der Waals surface area (Å²) >= 11 is 0. The van der Waals surface area contributed by atoms with E-state index >= 15 is 0 Å². The minimum atomic E-state index is -1.30. The van der Waals surface area contributed by atoms with E-state index in [2.05, 4.69) is 15.6 Å². The highest BCUT2D eigenvalue weighted by Gasteiger charge is 2.29. The number of hydrogen-bond acceptors (Lipinski definition) is 6. The van der Waals surface area contributed by atoms with Crippen LogP contribution in [0.15, 0.2) is 4.99 Å². The monoisotopic (exact) mass is 332 g/mol. The lowest BCUT2D eigenvalue weighted by atomic mass is 10.1. The number of amides is 2. The summed E-state index contributed by atoms with van der Waals surface area (Å²) in [6.45, 7) is 1.14. The SMILES string of the molecule is CC(O)C(NC(=O)CN)C(=O)NC(CCCN=C(N)N)C(=O)O. The molecule has 10 N–H and O–H groups in total. The number of carbonyl (C=O) groups is 3.